The first-order chi connectivity index (χ1) is 11.8. The van der Waals surface area contributed by atoms with Gasteiger partial charge in [0.2, 0.25) is 0 Å². The molecule has 1 heterocycles. The summed E-state index contributed by atoms with van der Waals surface area (Å²) < 4.78 is 23.8. The zero-order chi connectivity index (χ0) is 17.0. The molecule has 25 heavy (non-hydrogen) atoms. The van der Waals surface area contributed by atoms with Crippen molar-refractivity contribution < 1.29 is 13.9 Å². The monoisotopic (exact) mass is 465 g/mol. The van der Waals surface area contributed by atoms with Crippen LogP contribution >= 0.6 is 24.0 Å². The lowest BCUT2D eigenvalue weighted by Crippen LogP contribution is -2.39. The van der Waals surface area contributed by atoms with Gasteiger partial charge in [-0.1, -0.05) is 12.1 Å². The molecule has 0 aliphatic carbocycles. The summed E-state index contributed by atoms with van der Waals surface area (Å²) in [5.74, 6) is 1.15. The molecule has 0 aromatic heterocycles. The van der Waals surface area contributed by atoms with Crippen molar-refractivity contribution in [2.75, 3.05) is 46.6 Å². The van der Waals surface area contributed by atoms with Gasteiger partial charge in [0.05, 0.1) is 13.2 Å². The SMILES string of the molecule is CN=C(NCCCOCC1CCOC1)NCCc1ccc(F)cc1.I. The van der Waals surface area contributed by atoms with Crippen LogP contribution in [0.2, 0.25) is 0 Å². The minimum absolute atomic E-state index is 0. The summed E-state index contributed by atoms with van der Waals surface area (Å²) in [5.41, 5.74) is 1.10. The van der Waals surface area contributed by atoms with Crippen LogP contribution < -0.4 is 10.6 Å². The number of halogens is 2. The molecule has 0 bridgehead atoms. The zero-order valence-electron chi connectivity index (χ0n) is 14.8. The van der Waals surface area contributed by atoms with Crippen molar-refractivity contribution in [1.29, 1.82) is 0 Å². The lowest BCUT2D eigenvalue weighted by atomic mass is 10.1. The van der Waals surface area contributed by atoms with Crippen molar-refractivity contribution in [2.24, 2.45) is 10.9 Å². The van der Waals surface area contributed by atoms with Crippen LogP contribution in [0.1, 0.15) is 18.4 Å². The van der Waals surface area contributed by atoms with Gasteiger partial charge in [-0.25, -0.2) is 4.39 Å². The highest BCUT2D eigenvalue weighted by atomic mass is 127. The first kappa shape index (κ1) is 22.1. The fourth-order valence-corrected chi connectivity index (χ4v) is 2.54. The largest absolute Gasteiger partial charge is 0.381 e. The smallest absolute Gasteiger partial charge is 0.190 e. The number of nitrogens with one attached hydrogen (secondary N) is 2. The molecule has 1 saturated heterocycles. The Morgan fingerprint density at radius 3 is 2.72 bits per heavy atom. The average Bonchev–Trinajstić information content (AvgIpc) is 3.11. The lowest BCUT2D eigenvalue weighted by Gasteiger charge is -2.12. The molecular weight excluding hydrogens is 436 g/mol. The first-order valence-corrected chi connectivity index (χ1v) is 8.62. The van der Waals surface area contributed by atoms with Crippen LogP contribution in [0.3, 0.4) is 0 Å². The van der Waals surface area contributed by atoms with Gasteiger partial charge in [-0.05, 0) is 37.0 Å². The fraction of sp³-hybridized carbons (Fsp3) is 0.611. The second-order valence-electron chi connectivity index (χ2n) is 5.96. The Morgan fingerprint density at radius 1 is 1.28 bits per heavy atom. The molecule has 0 amide bonds. The molecule has 1 unspecified atom stereocenters. The molecule has 2 N–H and O–H groups in total. The van der Waals surface area contributed by atoms with Gasteiger partial charge < -0.3 is 20.1 Å². The first-order valence-electron chi connectivity index (χ1n) is 8.62. The predicted molar refractivity (Wildman–Crippen MR) is 109 cm³/mol. The number of aliphatic imine (C=N–C) groups is 1. The van der Waals surface area contributed by atoms with E-state index in [2.05, 4.69) is 15.6 Å². The Morgan fingerprint density at radius 2 is 2.04 bits per heavy atom. The van der Waals surface area contributed by atoms with E-state index in [1.54, 1.807) is 19.2 Å². The second kappa shape index (κ2) is 13.3. The van der Waals surface area contributed by atoms with Gasteiger partial charge in [-0.15, -0.1) is 24.0 Å². The third kappa shape index (κ3) is 9.37. The average molecular weight is 465 g/mol. The minimum atomic E-state index is -0.202. The normalized spacial score (nSPS) is 17.2. The van der Waals surface area contributed by atoms with Crippen molar-refractivity contribution in [1.82, 2.24) is 10.6 Å². The summed E-state index contributed by atoms with van der Waals surface area (Å²) in [6.45, 7) is 4.82. The molecule has 1 aliphatic rings. The van der Waals surface area contributed by atoms with Crippen LogP contribution in [0.25, 0.3) is 0 Å². The molecule has 0 spiro atoms. The lowest BCUT2D eigenvalue weighted by molar-refractivity contribution is 0.0888. The molecule has 5 nitrogen and oxygen atoms in total. The summed E-state index contributed by atoms with van der Waals surface area (Å²) in [7, 11) is 1.75. The number of rotatable bonds is 9. The topological polar surface area (TPSA) is 54.9 Å². The molecule has 1 fully saturated rings. The van der Waals surface area contributed by atoms with Gasteiger partial charge in [0.1, 0.15) is 5.82 Å². The molecule has 142 valence electrons. The number of nitrogens with zero attached hydrogens (tertiary/aromatic N) is 1. The zero-order valence-corrected chi connectivity index (χ0v) is 17.1. The third-order valence-electron chi connectivity index (χ3n) is 3.98. The van der Waals surface area contributed by atoms with Crippen molar-refractivity contribution in [2.45, 2.75) is 19.3 Å². The van der Waals surface area contributed by atoms with Gasteiger partial charge >= 0.3 is 0 Å². The molecule has 1 aromatic carbocycles. The number of hydrogen-bond donors (Lipinski definition) is 2. The fourth-order valence-electron chi connectivity index (χ4n) is 2.54. The van der Waals surface area contributed by atoms with Crippen LogP contribution in [0.5, 0.6) is 0 Å². The summed E-state index contributed by atoms with van der Waals surface area (Å²) in [5, 5.41) is 6.52. The van der Waals surface area contributed by atoms with E-state index in [9.17, 15) is 4.39 Å². The summed E-state index contributed by atoms with van der Waals surface area (Å²) in [6, 6.07) is 6.58. The van der Waals surface area contributed by atoms with Crippen LogP contribution in [0, 0.1) is 11.7 Å². The van der Waals surface area contributed by atoms with E-state index in [0.717, 1.165) is 70.3 Å². The molecule has 1 atom stereocenters. The molecule has 1 aromatic rings. The Bertz CT molecular complexity index is 494. The van der Waals surface area contributed by atoms with Crippen molar-refractivity contribution in [3.8, 4) is 0 Å². The van der Waals surface area contributed by atoms with Gasteiger partial charge in [-0.2, -0.15) is 0 Å². The van der Waals surface area contributed by atoms with E-state index >= 15 is 0 Å². The highest BCUT2D eigenvalue weighted by molar-refractivity contribution is 14.0. The Hall–Kier alpha value is -0.930. The standard InChI is InChI=1S/C18H28FN3O2.HI/c1-20-18(22-10-7-15-3-5-17(19)6-4-15)21-9-2-11-23-13-16-8-12-24-14-16;/h3-6,16H,2,7-14H2,1H3,(H2,20,21,22);1H. The van der Waals surface area contributed by atoms with Crippen molar-refractivity contribution in [3.05, 3.63) is 35.6 Å². The Kier molecular flexibility index (Phi) is 11.8. The van der Waals surface area contributed by atoms with E-state index in [4.69, 9.17) is 9.47 Å². The highest BCUT2D eigenvalue weighted by Gasteiger charge is 2.15. The predicted octanol–water partition coefficient (Wildman–Crippen LogP) is 2.59. The van der Waals surface area contributed by atoms with E-state index in [-0.39, 0.29) is 29.8 Å². The van der Waals surface area contributed by atoms with Crippen LogP contribution in [-0.4, -0.2) is 52.5 Å². The summed E-state index contributed by atoms with van der Waals surface area (Å²) in [4.78, 5) is 4.19. The molecule has 7 heteroatoms. The maximum atomic E-state index is 12.8. The summed E-state index contributed by atoms with van der Waals surface area (Å²) >= 11 is 0. The van der Waals surface area contributed by atoms with Crippen LogP contribution in [0.4, 0.5) is 4.39 Å². The second-order valence-corrected chi connectivity index (χ2v) is 5.96. The van der Waals surface area contributed by atoms with Gasteiger partial charge in [0.25, 0.3) is 0 Å². The molecule has 0 saturated carbocycles. The molecule has 2 rings (SSSR count). The summed E-state index contributed by atoms with van der Waals surface area (Å²) in [6.07, 6.45) is 2.88. The minimum Gasteiger partial charge on any atom is -0.381 e. The molecule has 1 aliphatic heterocycles. The molecular formula is C18H29FIN3O2. The van der Waals surface area contributed by atoms with Crippen LogP contribution in [0.15, 0.2) is 29.3 Å². The van der Waals surface area contributed by atoms with Crippen molar-refractivity contribution >= 4 is 29.9 Å². The van der Waals surface area contributed by atoms with E-state index in [1.165, 1.54) is 12.1 Å². The number of ether oxygens (including phenoxy) is 2. The molecule has 0 radical (unpaired) electrons. The number of guanidine groups is 1. The number of hydrogen-bond acceptors (Lipinski definition) is 3. The van der Waals surface area contributed by atoms with Crippen molar-refractivity contribution in [3.63, 3.8) is 0 Å². The van der Waals surface area contributed by atoms with E-state index < -0.39 is 0 Å². The van der Waals surface area contributed by atoms with Gasteiger partial charge in [0.15, 0.2) is 5.96 Å². The maximum absolute atomic E-state index is 12.8. The van der Waals surface area contributed by atoms with E-state index in [0.29, 0.717) is 5.92 Å². The third-order valence-corrected chi connectivity index (χ3v) is 3.98. The maximum Gasteiger partial charge on any atom is 0.190 e. The quantitative estimate of drug-likeness (QED) is 0.255. The van der Waals surface area contributed by atoms with Gasteiger partial charge in [0, 0.05) is 39.3 Å². The van der Waals surface area contributed by atoms with Crippen LogP contribution in [-0.2, 0) is 15.9 Å². The highest BCUT2D eigenvalue weighted by Crippen LogP contribution is 2.12. The van der Waals surface area contributed by atoms with E-state index in [1.807, 2.05) is 0 Å². The number of benzene rings is 1. The van der Waals surface area contributed by atoms with Gasteiger partial charge in [-0.3, -0.25) is 4.99 Å². The Labute approximate surface area is 166 Å². The Balaban J connectivity index is 0.00000312.